The van der Waals surface area contributed by atoms with Gasteiger partial charge in [0.2, 0.25) is 5.60 Å². The van der Waals surface area contributed by atoms with Gasteiger partial charge < -0.3 is 19.5 Å². The first kappa shape index (κ1) is 27.3. The van der Waals surface area contributed by atoms with Crippen molar-refractivity contribution in [3.05, 3.63) is 23.8 Å². The molecule has 3 saturated carbocycles. The average molecular weight is 538 g/mol. The van der Waals surface area contributed by atoms with Gasteiger partial charge in [-0.15, -0.1) is 11.6 Å². The van der Waals surface area contributed by atoms with E-state index in [9.17, 15) is 19.5 Å². The van der Waals surface area contributed by atoms with Gasteiger partial charge >= 0.3 is 11.9 Å². The molecule has 9 heteroatoms. The lowest BCUT2D eigenvalue weighted by Gasteiger charge is -2.63. The molecule has 0 amide bonds. The second kappa shape index (κ2) is 8.91. The van der Waals surface area contributed by atoms with Crippen LogP contribution in [0.15, 0.2) is 23.8 Å². The summed E-state index contributed by atoms with van der Waals surface area (Å²) in [4.78, 5) is 39.2. The summed E-state index contributed by atoms with van der Waals surface area (Å²) in [7, 11) is 3.34. The molecule has 1 N–H and O–H groups in total. The number of fused-ring (bicyclic) bond motifs is 5. The Morgan fingerprint density at radius 3 is 2.56 bits per heavy atom. The number of esters is 2. The SMILES string of the molecule is CCC(=O)O[C@]1(C(=O)OC(=S)N(C)C)[C@@H](C)C[C@H]2[C@@H]3CCC4=CC(=O)C=C[C@]4(C)[C@@]3(Cl)[C@@H](O)C[C@@]21C. The van der Waals surface area contributed by atoms with E-state index in [-0.39, 0.29) is 41.6 Å². The van der Waals surface area contributed by atoms with Crippen molar-refractivity contribution in [2.24, 2.45) is 28.6 Å². The Kier molecular flexibility index (Phi) is 6.75. The van der Waals surface area contributed by atoms with E-state index in [4.69, 9.17) is 33.3 Å². The van der Waals surface area contributed by atoms with Crippen LogP contribution in [0.2, 0.25) is 0 Å². The van der Waals surface area contributed by atoms with Gasteiger partial charge in [-0.3, -0.25) is 9.59 Å². The van der Waals surface area contributed by atoms with E-state index in [1.54, 1.807) is 27.1 Å². The number of hydrogen-bond acceptors (Lipinski definition) is 7. The van der Waals surface area contributed by atoms with E-state index in [1.807, 2.05) is 26.8 Å². The molecule has 0 spiro atoms. The number of nitrogens with zero attached hydrogens (tertiary/aromatic N) is 1. The van der Waals surface area contributed by atoms with Crippen molar-refractivity contribution >= 4 is 46.7 Å². The van der Waals surface area contributed by atoms with Crippen LogP contribution in [-0.2, 0) is 23.9 Å². The molecule has 0 aromatic heterocycles. The molecule has 198 valence electrons. The van der Waals surface area contributed by atoms with Crippen LogP contribution in [0.4, 0.5) is 0 Å². The number of rotatable bonds is 3. The van der Waals surface area contributed by atoms with Crippen LogP contribution in [0.3, 0.4) is 0 Å². The highest BCUT2D eigenvalue weighted by molar-refractivity contribution is 7.80. The van der Waals surface area contributed by atoms with Gasteiger partial charge in [0, 0.05) is 37.3 Å². The van der Waals surface area contributed by atoms with Gasteiger partial charge in [0.05, 0.1) is 11.0 Å². The highest BCUT2D eigenvalue weighted by Crippen LogP contribution is 2.72. The van der Waals surface area contributed by atoms with Crippen molar-refractivity contribution in [1.29, 1.82) is 0 Å². The largest absolute Gasteiger partial charge is 0.446 e. The second-order valence-corrected chi connectivity index (χ2v) is 12.5. The molecular formula is C27H36ClNO6S. The van der Waals surface area contributed by atoms with E-state index in [0.29, 0.717) is 19.3 Å². The highest BCUT2D eigenvalue weighted by Gasteiger charge is 2.77. The third-order valence-corrected chi connectivity index (χ3v) is 11.0. The maximum absolute atomic E-state index is 13.9. The smallest absolute Gasteiger partial charge is 0.358 e. The normalized spacial score (nSPS) is 43.0. The van der Waals surface area contributed by atoms with Gasteiger partial charge in [0.15, 0.2) is 5.78 Å². The summed E-state index contributed by atoms with van der Waals surface area (Å²) in [6.45, 7) is 7.47. The molecule has 0 aromatic rings. The Morgan fingerprint density at radius 2 is 1.94 bits per heavy atom. The maximum Gasteiger partial charge on any atom is 0.358 e. The molecule has 0 heterocycles. The van der Waals surface area contributed by atoms with Gasteiger partial charge in [-0.1, -0.05) is 39.3 Å². The summed E-state index contributed by atoms with van der Waals surface area (Å²) < 4.78 is 11.7. The third kappa shape index (κ3) is 3.47. The van der Waals surface area contributed by atoms with Gasteiger partial charge in [0.1, 0.15) is 0 Å². The van der Waals surface area contributed by atoms with Gasteiger partial charge in [0.25, 0.3) is 5.17 Å². The Balaban J connectivity index is 1.83. The van der Waals surface area contributed by atoms with E-state index < -0.39 is 39.3 Å². The molecule has 8 atom stereocenters. The van der Waals surface area contributed by atoms with Crippen molar-refractivity contribution in [2.75, 3.05) is 14.1 Å². The molecule has 4 aliphatic rings. The predicted molar refractivity (Wildman–Crippen MR) is 139 cm³/mol. The number of carbonyl (C=O) groups excluding carboxylic acids is 3. The van der Waals surface area contributed by atoms with Crippen molar-refractivity contribution in [3.63, 3.8) is 0 Å². The second-order valence-electron chi connectivity index (χ2n) is 11.5. The Hall–Kier alpha value is -1.77. The lowest BCUT2D eigenvalue weighted by molar-refractivity contribution is -0.211. The summed E-state index contributed by atoms with van der Waals surface area (Å²) in [6, 6.07) is 0. The van der Waals surface area contributed by atoms with E-state index in [2.05, 4.69) is 0 Å². The molecule has 7 nitrogen and oxygen atoms in total. The minimum Gasteiger partial charge on any atom is -0.446 e. The molecule has 3 fully saturated rings. The summed E-state index contributed by atoms with van der Waals surface area (Å²) in [5, 5.41) is 11.8. The fourth-order valence-electron chi connectivity index (χ4n) is 7.72. The van der Waals surface area contributed by atoms with E-state index in [1.165, 1.54) is 11.0 Å². The minimum atomic E-state index is -1.63. The molecule has 36 heavy (non-hydrogen) atoms. The lowest BCUT2D eigenvalue weighted by atomic mass is 9.45. The Morgan fingerprint density at radius 1 is 1.28 bits per heavy atom. The van der Waals surface area contributed by atoms with Crippen molar-refractivity contribution < 1.29 is 29.0 Å². The number of aliphatic hydroxyl groups is 1. The fourth-order valence-corrected chi connectivity index (χ4v) is 8.32. The number of halogens is 1. The minimum absolute atomic E-state index is 0.0220. The number of thiocarbonyl (C=S) groups is 1. The third-order valence-electron chi connectivity index (χ3n) is 9.59. The average Bonchev–Trinajstić information content (AvgIpc) is 3.02. The zero-order chi connectivity index (χ0) is 26.8. The van der Waals surface area contributed by atoms with Crippen LogP contribution in [0, 0.1) is 28.6 Å². The Labute approximate surface area is 223 Å². The predicted octanol–water partition coefficient (Wildman–Crippen LogP) is 3.95. The number of ketones is 1. The summed E-state index contributed by atoms with van der Waals surface area (Å²) >= 11 is 12.7. The van der Waals surface area contributed by atoms with Crippen molar-refractivity contribution in [1.82, 2.24) is 4.90 Å². The monoisotopic (exact) mass is 537 g/mol. The molecule has 0 aromatic carbocycles. The number of hydrogen-bond donors (Lipinski definition) is 1. The number of alkyl halides is 1. The van der Waals surface area contributed by atoms with Crippen molar-refractivity contribution in [3.8, 4) is 0 Å². The summed E-state index contributed by atoms with van der Waals surface area (Å²) in [5.41, 5.74) is -2.35. The molecule has 0 bridgehead atoms. The van der Waals surface area contributed by atoms with Crippen molar-refractivity contribution in [2.45, 2.75) is 76.4 Å². The maximum atomic E-state index is 13.9. The fraction of sp³-hybridized carbons (Fsp3) is 0.704. The molecule has 4 rings (SSSR count). The van der Waals surface area contributed by atoms with Crippen LogP contribution < -0.4 is 0 Å². The molecule has 0 aliphatic heterocycles. The number of carbonyl (C=O) groups is 3. The van der Waals surface area contributed by atoms with Crippen LogP contribution in [0.1, 0.15) is 59.8 Å². The summed E-state index contributed by atoms with van der Waals surface area (Å²) in [5.74, 6) is -2.01. The van der Waals surface area contributed by atoms with E-state index >= 15 is 0 Å². The number of aliphatic hydroxyl groups excluding tert-OH is 1. The first-order chi connectivity index (χ1) is 16.7. The molecule has 0 saturated heterocycles. The summed E-state index contributed by atoms with van der Waals surface area (Å²) in [6.07, 6.45) is 6.09. The molecular weight excluding hydrogens is 502 g/mol. The van der Waals surface area contributed by atoms with E-state index in [0.717, 1.165) is 5.57 Å². The van der Waals surface area contributed by atoms with Crippen LogP contribution in [-0.4, -0.2) is 63.6 Å². The Bertz CT molecular complexity index is 1070. The standard InChI is InChI=1S/C27H36ClNO6S/c1-7-21(32)35-27(22(33)34-23(36)29(5)6)15(2)12-19-18-9-8-16-13-17(30)10-11-24(16,3)26(18,28)20(31)14-25(19,27)4/h10-11,13,15,18-20,31H,7-9,12,14H2,1-6H3/t15-,18-,19-,20-,24-,25-,26-,27-/m0/s1. The lowest BCUT2D eigenvalue weighted by Crippen LogP contribution is -2.69. The molecule has 4 aliphatic carbocycles. The number of allylic oxidation sites excluding steroid dienone is 4. The molecule has 0 unspecified atom stereocenters. The topological polar surface area (TPSA) is 93.1 Å². The number of ether oxygens (including phenoxy) is 2. The van der Waals surface area contributed by atoms with Gasteiger partial charge in [-0.2, -0.15) is 0 Å². The first-order valence-electron chi connectivity index (χ1n) is 12.7. The quantitative estimate of drug-likeness (QED) is 0.328. The van der Waals surface area contributed by atoms with Crippen LogP contribution in [0.25, 0.3) is 0 Å². The van der Waals surface area contributed by atoms with Gasteiger partial charge in [-0.05, 0) is 61.9 Å². The van der Waals surface area contributed by atoms with Gasteiger partial charge in [-0.25, -0.2) is 4.79 Å². The first-order valence-corrected chi connectivity index (χ1v) is 13.4. The zero-order valence-electron chi connectivity index (χ0n) is 21.8. The zero-order valence-corrected chi connectivity index (χ0v) is 23.4. The highest BCUT2D eigenvalue weighted by atomic mass is 35.5. The van der Waals surface area contributed by atoms with Crippen LogP contribution >= 0.6 is 23.8 Å². The molecule has 0 radical (unpaired) electrons. The van der Waals surface area contributed by atoms with Crippen LogP contribution in [0.5, 0.6) is 0 Å².